The Hall–Kier alpha value is -1.74. The zero-order valence-electron chi connectivity index (χ0n) is 17.2. The van der Waals surface area contributed by atoms with Crippen LogP contribution in [0.3, 0.4) is 0 Å². The van der Waals surface area contributed by atoms with E-state index in [-0.39, 0.29) is 45.5 Å². The number of rotatable bonds is 8. The molecule has 0 spiro atoms. The number of esters is 2. The van der Waals surface area contributed by atoms with E-state index in [0.717, 1.165) is 11.3 Å². The molecule has 0 atom stereocenters. The predicted octanol–water partition coefficient (Wildman–Crippen LogP) is 3.06. The van der Waals surface area contributed by atoms with E-state index in [4.69, 9.17) is 9.47 Å². The summed E-state index contributed by atoms with van der Waals surface area (Å²) in [6, 6.07) is 0. The van der Waals surface area contributed by atoms with Crippen LogP contribution in [-0.2, 0) is 30.5 Å². The van der Waals surface area contributed by atoms with Crippen molar-refractivity contribution >= 4 is 38.9 Å². The molecule has 0 aromatic carbocycles. The van der Waals surface area contributed by atoms with Crippen LogP contribution in [0.1, 0.15) is 65.1 Å². The highest BCUT2D eigenvalue weighted by atomic mass is 32.2. The van der Waals surface area contributed by atoms with Gasteiger partial charge in [-0.15, -0.1) is 11.3 Å². The Morgan fingerprint density at radius 1 is 1.07 bits per heavy atom. The summed E-state index contributed by atoms with van der Waals surface area (Å²) in [5.41, 5.74) is 0.561. The number of carbonyl (C=O) groups is 3. The Labute approximate surface area is 175 Å². The first kappa shape index (κ1) is 23.5. The van der Waals surface area contributed by atoms with Crippen LogP contribution in [0.4, 0.5) is 0 Å². The Kier molecular flexibility index (Phi) is 7.99. The first-order valence-electron chi connectivity index (χ1n) is 9.62. The summed E-state index contributed by atoms with van der Waals surface area (Å²) in [5.74, 6) is -1.22. The summed E-state index contributed by atoms with van der Waals surface area (Å²) in [6.45, 7) is 3.37. The average molecular weight is 445 g/mol. The van der Waals surface area contributed by atoms with Gasteiger partial charge in [-0.25, -0.2) is 18.0 Å². The molecule has 1 aromatic rings. The van der Waals surface area contributed by atoms with E-state index in [0.29, 0.717) is 31.2 Å². The van der Waals surface area contributed by atoms with Gasteiger partial charge in [0.25, 0.3) is 0 Å². The van der Waals surface area contributed by atoms with Crippen LogP contribution < -0.4 is 0 Å². The second-order valence-corrected chi connectivity index (χ2v) is 11.2. The lowest BCUT2D eigenvalue weighted by molar-refractivity contribution is -0.123. The van der Waals surface area contributed by atoms with Crippen molar-refractivity contribution in [2.24, 2.45) is 11.8 Å². The van der Waals surface area contributed by atoms with Crippen molar-refractivity contribution in [3.05, 3.63) is 21.4 Å². The third kappa shape index (κ3) is 5.66. The predicted molar refractivity (Wildman–Crippen MR) is 110 cm³/mol. The van der Waals surface area contributed by atoms with Gasteiger partial charge in [0.15, 0.2) is 9.84 Å². The van der Waals surface area contributed by atoms with Crippen molar-refractivity contribution in [3.63, 3.8) is 0 Å². The molecule has 0 saturated heterocycles. The van der Waals surface area contributed by atoms with Crippen molar-refractivity contribution in [1.82, 2.24) is 0 Å². The molecule has 1 heterocycles. The number of hydrogen-bond donors (Lipinski definition) is 0. The number of carbonyl (C=O) groups excluding carboxylic acids is 3. The Bertz CT molecular complexity index is 859. The molecule has 29 heavy (non-hydrogen) atoms. The third-order valence-electron chi connectivity index (χ3n) is 5.48. The summed E-state index contributed by atoms with van der Waals surface area (Å²) in [5, 5.41) is 1.23. The van der Waals surface area contributed by atoms with Crippen molar-refractivity contribution in [2.75, 3.05) is 20.0 Å². The molecule has 162 valence electrons. The smallest absolute Gasteiger partial charge is 0.348 e. The topological polar surface area (TPSA) is 104 Å². The van der Waals surface area contributed by atoms with Gasteiger partial charge in [0, 0.05) is 12.3 Å². The molecule has 1 saturated carbocycles. The van der Waals surface area contributed by atoms with Gasteiger partial charge in [0.05, 0.1) is 30.8 Å². The van der Waals surface area contributed by atoms with Crippen LogP contribution in [0.25, 0.3) is 0 Å². The fourth-order valence-electron chi connectivity index (χ4n) is 3.60. The number of sulfone groups is 1. The average Bonchev–Trinajstić information content (AvgIpc) is 3.10. The summed E-state index contributed by atoms with van der Waals surface area (Å²) >= 11 is 1.06. The first-order chi connectivity index (χ1) is 13.6. The van der Waals surface area contributed by atoms with Gasteiger partial charge in [-0.3, -0.25) is 4.79 Å². The minimum absolute atomic E-state index is 0.00506. The summed E-state index contributed by atoms with van der Waals surface area (Å²) < 4.78 is 33.7. The van der Waals surface area contributed by atoms with Crippen LogP contribution in [0.2, 0.25) is 0 Å². The van der Waals surface area contributed by atoms with E-state index in [1.54, 1.807) is 19.2 Å². The molecular formula is C20H28O7S2. The monoisotopic (exact) mass is 444 g/mol. The first-order valence-corrected chi connectivity index (χ1v) is 12.2. The van der Waals surface area contributed by atoms with Crippen molar-refractivity contribution in [2.45, 2.75) is 51.2 Å². The molecule has 1 aliphatic rings. The van der Waals surface area contributed by atoms with Gasteiger partial charge in [0.1, 0.15) is 10.7 Å². The Morgan fingerprint density at radius 3 is 2.17 bits per heavy atom. The largest absolute Gasteiger partial charge is 0.465 e. The molecule has 0 unspecified atom stereocenters. The molecule has 1 aliphatic carbocycles. The van der Waals surface area contributed by atoms with Crippen LogP contribution >= 0.6 is 11.3 Å². The van der Waals surface area contributed by atoms with E-state index in [1.807, 2.05) is 0 Å². The number of ether oxygens (including phenoxy) is 2. The highest BCUT2D eigenvalue weighted by Gasteiger charge is 2.32. The summed E-state index contributed by atoms with van der Waals surface area (Å²) in [4.78, 5) is 37.0. The lowest BCUT2D eigenvalue weighted by Crippen LogP contribution is -2.29. The highest BCUT2D eigenvalue weighted by Crippen LogP contribution is 2.33. The van der Waals surface area contributed by atoms with E-state index >= 15 is 0 Å². The molecule has 0 N–H and O–H groups in total. The highest BCUT2D eigenvalue weighted by molar-refractivity contribution is 7.91. The van der Waals surface area contributed by atoms with E-state index in [2.05, 4.69) is 0 Å². The maximum absolute atomic E-state index is 12.8. The molecule has 2 rings (SSSR count). The van der Waals surface area contributed by atoms with E-state index in [9.17, 15) is 22.8 Å². The van der Waals surface area contributed by atoms with Gasteiger partial charge in [-0.2, -0.15) is 0 Å². The zero-order valence-corrected chi connectivity index (χ0v) is 18.9. The SMILES string of the molecule is COC(=O)c1scc(CC(=O)C2CCC(CS(=O)(=O)C(C)C)CC2)c1C(=O)OC. The van der Waals surface area contributed by atoms with Gasteiger partial charge in [-0.05, 0) is 56.4 Å². The second kappa shape index (κ2) is 9.84. The maximum Gasteiger partial charge on any atom is 0.348 e. The summed E-state index contributed by atoms with van der Waals surface area (Å²) in [6.07, 6.45) is 2.71. The molecule has 1 fully saturated rings. The molecule has 0 aliphatic heterocycles. The van der Waals surface area contributed by atoms with Crippen LogP contribution in [0.5, 0.6) is 0 Å². The van der Waals surface area contributed by atoms with Crippen LogP contribution in [0, 0.1) is 11.8 Å². The van der Waals surface area contributed by atoms with Gasteiger partial charge >= 0.3 is 11.9 Å². The van der Waals surface area contributed by atoms with Gasteiger partial charge in [-0.1, -0.05) is 0 Å². The van der Waals surface area contributed by atoms with E-state index in [1.165, 1.54) is 14.2 Å². The Morgan fingerprint density at radius 2 is 1.66 bits per heavy atom. The number of thiophene rings is 1. The Balaban J connectivity index is 2.04. The minimum Gasteiger partial charge on any atom is -0.465 e. The molecule has 0 bridgehead atoms. The van der Waals surface area contributed by atoms with Crippen molar-refractivity contribution < 1.29 is 32.3 Å². The minimum atomic E-state index is -3.09. The number of hydrogen-bond acceptors (Lipinski definition) is 8. The zero-order chi connectivity index (χ0) is 21.8. The molecule has 7 nitrogen and oxygen atoms in total. The number of methoxy groups -OCH3 is 2. The molecule has 1 aromatic heterocycles. The fourth-order valence-corrected chi connectivity index (χ4v) is 5.95. The fraction of sp³-hybridized carbons (Fsp3) is 0.650. The number of ketones is 1. The van der Waals surface area contributed by atoms with Gasteiger partial charge in [0.2, 0.25) is 0 Å². The molecule has 0 amide bonds. The maximum atomic E-state index is 12.8. The lowest BCUT2D eigenvalue weighted by atomic mass is 9.79. The molecule has 0 radical (unpaired) electrons. The lowest BCUT2D eigenvalue weighted by Gasteiger charge is -2.28. The molecule has 9 heteroatoms. The quantitative estimate of drug-likeness (QED) is 0.568. The van der Waals surface area contributed by atoms with Gasteiger partial charge < -0.3 is 9.47 Å². The van der Waals surface area contributed by atoms with Crippen molar-refractivity contribution in [1.29, 1.82) is 0 Å². The van der Waals surface area contributed by atoms with E-state index < -0.39 is 21.8 Å². The second-order valence-electron chi connectivity index (χ2n) is 7.69. The third-order valence-corrected chi connectivity index (χ3v) is 8.86. The number of Topliss-reactive ketones (excluding diaryl/α,β-unsaturated/α-hetero) is 1. The van der Waals surface area contributed by atoms with Crippen LogP contribution in [0.15, 0.2) is 5.38 Å². The molecular weight excluding hydrogens is 416 g/mol. The standard InChI is InChI=1S/C20H28O7S2/c1-12(2)29(24,25)11-13-5-7-14(8-6-13)16(21)9-15-10-28-18(20(23)27-4)17(15)19(22)26-3/h10,12-14H,5-9,11H2,1-4H3. The van der Waals surface area contributed by atoms with Crippen LogP contribution in [-0.4, -0.2) is 51.4 Å². The summed E-state index contributed by atoms with van der Waals surface area (Å²) in [7, 11) is -0.639. The normalized spacial score (nSPS) is 19.8. The van der Waals surface area contributed by atoms with Crippen molar-refractivity contribution in [3.8, 4) is 0 Å².